The summed E-state index contributed by atoms with van der Waals surface area (Å²) < 4.78 is 5.15. The number of fused-ring (bicyclic) bond motifs is 1. The molecule has 0 spiro atoms. The van der Waals surface area contributed by atoms with E-state index in [2.05, 4.69) is 17.2 Å². The molecule has 0 saturated carbocycles. The van der Waals surface area contributed by atoms with Gasteiger partial charge in [0.05, 0.1) is 12.1 Å². The van der Waals surface area contributed by atoms with Crippen molar-refractivity contribution in [1.82, 2.24) is 10.3 Å². The van der Waals surface area contributed by atoms with Crippen molar-refractivity contribution in [1.29, 1.82) is 0 Å². The number of aryl methyl sites for hydroxylation is 2. The SMILES string of the molecule is COCC(C)(CCO)NC(=O)c1cc2c(C)c(C)ccc2[nH]1. The monoisotopic (exact) mass is 304 g/mol. The Morgan fingerprint density at radius 1 is 1.41 bits per heavy atom. The van der Waals surface area contributed by atoms with Crippen molar-refractivity contribution in [3.63, 3.8) is 0 Å². The Morgan fingerprint density at radius 2 is 2.14 bits per heavy atom. The number of aromatic nitrogens is 1. The molecule has 0 saturated heterocycles. The Bertz CT molecular complexity index is 670. The fourth-order valence-electron chi connectivity index (χ4n) is 2.66. The van der Waals surface area contributed by atoms with Crippen molar-refractivity contribution in [2.45, 2.75) is 32.7 Å². The van der Waals surface area contributed by atoms with Crippen molar-refractivity contribution >= 4 is 16.8 Å². The average Bonchev–Trinajstić information content (AvgIpc) is 2.88. The predicted octanol–water partition coefficient (Wildman–Crippen LogP) is 2.30. The second kappa shape index (κ2) is 6.50. The highest BCUT2D eigenvalue weighted by atomic mass is 16.5. The van der Waals surface area contributed by atoms with Gasteiger partial charge in [0.1, 0.15) is 5.69 Å². The van der Waals surface area contributed by atoms with Gasteiger partial charge in [-0.05, 0) is 50.5 Å². The Labute approximate surface area is 130 Å². The van der Waals surface area contributed by atoms with Crippen molar-refractivity contribution in [2.24, 2.45) is 0 Å². The quantitative estimate of drug-likeness (QED) is 0.766. The topological polar surface area (TPSA) is 74.3 Å². The number of nitrogens with one attached hydrogen (secondary N) is 2. The molecule has 1 unspecified atom stereocenters. The summed E-state index contributed by atoms with van der Waals surface area (Å²) in [6, 6.07) is 5.90. The first kappa shape index (κ1) is 16.5. The number of aromatic amines is 1. The van der Waals surface area contributed by atoms with Gasteiger partial charge in [-0.1, -0.05) is 6.07 Å². The van der Waals surface area contributed by atoms with Gasteiger partial charge in [-0.25, -0.2) is 0 Å². The fraction of sp³-hybridized carbons (Fsp3) is 0.471. The van der Waals surface area contributed by atoms with Crippen LogP contribution in [0.2, 0.25) is 0 Å². The van der Waals surface area contributed by atoms with Gasteiger partial charge in [0.25, 0.3) is 5.91 Å². The summed E-state index contributed by atoms with van der Waals surface area (Å²) in [6.07, 6.45) is 0.435. The van der Waals surface area contributed by atoms with Crippen LogP contribution in [-0.4, -0.2) is 41.9 Å². The van der Waals surface area contributed by atoms with Gasteiger partial charge in [-0.2, -0.15) is 0 Å². The molecule has 5 nitrogen and oxygen atoms in total. The maximum Gasteiger partial charge on any atom is 0.268 e. The highest BCUT2D eigenvalue weighted by Gasteiger charge is 2.27. The van der Waals surface area contributed by atoms with E-state index in [0.29, 0.717) is 18.7 Å². The Balaban J connectivity index is 2.27. The van der Waals surface area contributed by atoms with Crippen molar-refractivity contribution < 1.29 is 14.6 Å². The van der Waals surface area contributed by atoms with Gasteiger partial charge in [0.15, 0.2) is 0 Å². The number of rotatable bonds is 6. The van der Waals surface area contributed by atoms with E-state index in [1.165, 1.54) is 11.1 Å². The molecule has 0 aliphatic carbocycles. The molecule has 1 aromatic carbocycles. The third kappa shape index (κ3) is 3.31. The second-order valence-corrected chi connectivity index (χ2v) is 6.07. The summed E-state index contributed by atoms with van der Waals surface area (Å²) >= 11 is 0. The zero-order valence-electron chi connectivity index (χ0n) is 13.6. The van der Waals surface area contributed by atoms with Crippen LogP contribution in [0.3, 0.4) is 0 Å². The molecule has 1 heterocycles. The molecule has 2 aromatic rings. The maximum atomic E-state index is 12.5. The van der Waals surface area contributed by atoms with Crippen LogP contribution in [0, 0.1) is 13.8 Å². The van der Waals surface area contributed by atoms with Crippen LogP contribution >= 0.6 is 0 Å². The molecule has 0 fully saturated rings. The average molecular weight is 304 g/mol. The molecular weight excluding hydrogens is 280 g/mol. The third-order valence-electron chi connectivity index (χ3n) is 4.13. The summed E-state index contributed by atoms with van der Waals surface area (Å²) in [5.41, 5.74) is 3.24. The van der Waals surface area contributed by atoms with Gasteiger partial charge in [-0.3, -0.25) is 4.79 Å². The summed E-state index contributed by atoms with van der Waals surface area (Å²) in [6.45, 7) is 6.30. The first-order valence-corrected chi connectivity index (χ1v) is 7.41. The second-order valence-electron chi connectivity index (χ2n) is 6.07. The summed E-state index contributed by atoms with van der Waals surface area (Å²) in [5, 5.41) is 13.2. The van der Waals surface area contributed by atoms with Crippen LogP contribution in [0.25, 0.3) is 10.9 Å². The minimum Gasteiger partial charge on any atom is -0.396 e. The number of aliphatic hydroxyl groups excluding tert-OH is 1. The molecule has 0 bridgehead atoms. The van der Waals surface area contributed by atoms with Gasteiger partial charge in [0, 0.05) is 24.6 Å². The Hall–Kier alpha value is -1.85. The number of H-pyrrole nitrogens is 1. The van der Waals surface area contributed by atoms with E-state index >= 15 is 0 Å². The third-order valence-corrected chi connectivity index (χ3v) is 4.13. The molecule has 120 valence electrons. The van der Waals surface area contributed by atoms with Crippen LogP contribution in [-0.2, 0) is 4.74 Å². The minimum absolute atomic E-state index is 0.00879. The molecule has 0 aliphatic rings. The van der Waals surface area contributed by atoms with Crippen LogP contribution < -0.4 is 5.32 Å². The molecular formula is C17H24N2O3. The number of carbonyl (C=O) groups excluding carboxylic acids is 1. The lowest BCUT2D eigenvalue weighted by molar-refractivity contribution is 0.0722. The van der Waals surface area contributed by atoms with Crippen molar-refractivity contribution in [3.8, 4) is 0 Å². The molecule has 1 aromatic heterocycles. The molecule has 22 heavy (non-hydrogen) atoms. The van der Waals surface area contributed by atoms with E-state index in [9.17, 15) is 9.90 Å². The number of amides is 1. The predicted molar refractivity (Wildman–Crippen MR) is 87.2 cm³/mol. The van der Waals surface area contributed by atoms with Gasteiger partial charge in [-0.15, -0.1) is 0 Å². The van der Waals surface area contributed by atoms with E-state index in [-0.39, 0.29) is 12.5 Å². The zero-order valence-corrected chi connectivity index (χ0v) is 13.6. The van der Waals surface area contributed by atoms with Crippen LogP contribution in [0.4, 0.5) is 0 Å². The van der Waals surface area contributed by atoms with E-state index < -0.39 is 5.54 Å². The highest BCUT2D eigenvalue weighted by Crippen LogP contribution is 2.23. The lowest BCUT2D eigenvalue weighted by Crippen LogP contribution is -2.50. The normalized spacial score (nSPS) is 14.0. The first-order chi connectivity index (χ1) is 10.4. The number of hydrogen-bond acceptors (Lipinski definition) is 3. The van der Waals surface area contributed by atoms with Crippen molar-refractivity contribution in [2.75, 3.05) is 20.3 Å². The molecule has 3 N–H and O–H groups in total. The lowest BCUT2D eigenvalue weighted by Gasteiger charge is -2.29. The van der Waals surface area contributed by atoms with E-state index in [4.69, 9.17) is 4.74 Å². The van der Waals surface area contributed by atoms with Gasteiger partial charge >= 0.3 is 0 Å². The van der Waals surface area contributed by atoms with Crippen LogP contribution in [0.5, 0.6) is 0 Å². The van der Waals surface area contributed by atoms with E-state index in [1.54, 1.807) is 7.11 Å². The Kier molecular flexibility index (Phi) is 4.88. The number of ether oxygens (including phenoxy) is 1. The molecule has 5 heteroatoms. The van der Waals surface area contributed by atoms with E-state index in [1.807, 2.05) is 32.0 Å². The summed E-state index contributed by atoms with van der Waals surface area (Å²) in [5.74, 6) is -0.193. The number of methoxy groups -OCH3 is 1. The minimum atomic E-state index is -0.594. The Morgan fingerprint density at radius 3 is 2.77 bits per heavy atom. The number of carbonyl (C=O) groups is 1. The van der Waals surface area contributed by atoms with Gasteiger partial charge < -0.3 is 20.1 Å². The number of hydrogen-bond donors (Lipinski definition) is 3. The van der Waals surface area contributed by atoms with Gasteiger partial charge in [0.2, 0.25) is 0 Å². The van der Waals surface area contributed by atoms with Crippen LogP contribution in [0.15, 0.2) is 18.2 Å². The van der Waals surface area contributed by atoms with Crippen LogP contribution in [0.1, 0.15) is 35.0 Å². The molecule has 1 atom stereocenters. The first-order valence-electron chi connectivity index (χ1n) is 7.41. The standard InChI is InChI=1S/C17H24N2O3/c1-11-5-6-14-13(12(11)2)9-15(18-14)16(21)19-17(3,7-8-20)10-22-4/h5-6,9,18,20H,7-8,10H2,1-4H3,(H,19,21). The maximum absolute atomic E-state index is 12.5. The smallest absolute Gasteiger partial charge is 0.268 e. The zero-order chi connectivity index (χ0) is 16.3. The van der Waals surface area contributed by atoms with E-state index in [0.717, 1.165) is 10.9 Å². The summed E-state index contributed by atoms with van der Waals surface area (Å²) in [4.78, 5) is 15.7. The molecule has 1 amide bonds. The highest BCUT2D eigenvalue weighted by molar-refractivity contribution is 5.99. The largest absolute Gasteiger partial charge is 0.396 e. The molecule has 0 radical (unpaired) electrons. The molecule has 2 rings (SSSR count). The lowest BCUT2D eigenvalue weighted by atomic mass is 9.99. The molecule has 0 aliphatic heterocycles. The number of benzene rings is 1. The van der Waals surface area contributed by atoms with Crippen molar-refractivity contribution in [3.05, 3.63) is 35.0 Å². The number of aliphatic hydroxyl groups is 1. The fourth-order valence-corrected chi connectivity index (χ4v) is 2.66. The summed E-state index contributed by atoms with van der Waals surface area (Å²) in [7, 11) is 1.58.